The lowest BCUT2D eigenvalue weighted by Gasteiger charge is -2.39. The lowest BCUT2D eigenvalue weighted by Crippen LogP contribution is -2.49. The van der Waals surface area contributed by atoms with Crippen molar-refractivity contribution >= 4 is 28.6 Å². The predicted molar refractivity (Wildman–Crippen MR) is 151 cm³/mol. The van der Waals surface area contributed by atoms with E-state index < -0.39 is 5.76 Å². The molecule has 2 atom stereocenters. The van der Waals surface area contributed by atoms with Gasteiger partial charge in [0, 0.05) is 19.3 Å². The van der Waals surface area contributed by atoms with Crippen molar-refractivity contribution in [1.29, 1.82) is 0 Å². The maximum Gasteiger partial charge on any atom is 0.439 e. The Hall–Kier alpha value is -3.44. The number of morpholine rings is 1. The molecule has 0 radical (unpaired) electrons. The molecule has 2 saturated carbocycles. The van der Waals surface area contributed by atoms with Crippen LogP contribution in [0.2, 0.25) is 5.02 Å². The third-order valence-electron chi connectivity index (χ3n) is 8.83. The number of rotatable bonds is 5. The number of aromatic amines is 2. The highest BCUT2D eigenvalue weighted by atomic mass is 35.5. The van der Waals surface area contributed by atoms with Crippen LogP contribution in [0.15, 0.2) is 32.4 Å². The molecule has 5 heterocycles. The topological polar surface area (TPSA) is 135 Å². The molecule has 0 bridgehead atoms. The molecule has 0 spiro atoms. The Morgan fingerprint density at radius 2 is 1.95 bits per heavy atom. The molecule has 0 aromatic carbocycles. The van der Waals surface area contributed by atoms with E-state index in [1.807, 2.05) is 0 Å². The first-order valence-corrected chi connectivity index (χ1v) is 14.6. The third kappa shape index (κ3) is 4.54. The van der Waals surface area contributed by atoms with Gasteiger partial charge >= 0.3 is 5.76 Å². The van der Waals surface area contributed by atoms with Crippen LogP contribution in [0.4, 0.5) is 5.95 Å². The van der Waals surface area contributed by atoms with Crippen molar-refractivity contribution in [3.05, 3.63) is 44.3 Å². The molecular weight excluding hydrogens is 534 g/mol. The van der Waals surface area contributed by atoms with Crippen molar-refractivity contribution in [2.24, 2.45) is 11.8 Å². The molecule has 12 heteroatoms. The minimum atomic E-state index is -0.683. The van der Waals surface area contributed by atoms with Crippen LogP contribution in [0.5, 0.6) is 0 Å². The number of hydrogen-bond acceptors (Lipinski definition) is 8. The monoisotopic (exact) mass is 565 g/mol. The quantitative estimate of drug-likeness (QED) is 0.364. The number of nitrogens with zero attached hydrogens (tertiary/aromatic N) is 5. The number of fused-ring (bicyclic) bond motifs is 2. The van der Waals surface area contributed by atoms with Crippen LogP contribution in [0.1, 0.15) is 51.9 Å². The van der Waals surface area contributed by atoms with Gasteiger partial charge in [0.1, 0.15) is 11.4 Å². The molecule has 1 aliphatic heterocycles. The Kier molecular flexibility index (Phi) is 6.50. The highest BCUT2D eigenvalue weighted by molar-refractivity contribution is 6.30. The molecular formula is C28H32ClN7O4. The fourth-order valence-corrected chi connectivity index (χ4v) is 6.93. The molecule has 7 rings (SSSR count). The maximum absolute atomic E-state index is 13.2. The Bertz CT molecular complexity index is 1670. The van der Waals surface area contributed by atoms with E-state index in [1.165, 1.54) is 19.0 Å². The summed E-state index contributed by atoms with van der Waals surface area (Å²) in [7, 11) is 0. The van der Waals surface area contributed by atoms with Crippen LogP contribution in [0.25, 0.3) is 33.8 Å². The van der Waals surface area contributed by atoms with Gasteiger partial charge < -0.3 is 19.2 Å². The largest absolute Gasteiger partial charge is 0.439 e. The maximum atomic E-state index is 13.2. The zero-order valence-corrected chi connectivity index (χ0v) is 23.1. The number of hydrogen-bond donors (Lipinski definition) is 2. The summed E-state index contributed by atoms with van der Waals surface area (Å²) in [6, 6.07) is 3.69. The number of anilines is 1. The van der Waals surface area contributed by atoms with Gasteiger partial charge in [0.15, 0.2) is 0 Å². The average Bonchev–Trinajstić information content (AvgIpc) is 3.69. The Labute approximate surface area is 234 Å². The van der Waals surface area contributed by atoms with Gasteiger partial charge in [-0.25, -0.2) is 14.8 Å². The van der Waals surface area contributed by atoms with E-state index in [-0.39, 0.29) is 23.5 Å². The number of H-pyrrole nitrogens is 2. The summed E-state index contributed by atoms with van der Waals surface area (Å²) >= 11 is 6.36. The number of ether oxygens (including phenoxy) is 1. The standard InChI is InChI=1S/C28H32ClN7O4/c1-15-5-7-16(8-6-15)14-36-24-19(32-27(36)35-9-10-39-22-4-2-3-21(22)35)12-20(25-33-28(38)40-34-25)31-23(24)18-11-17(29)13-30-26(18)37/h11-13,15-16,21-22H,2-10,14H2,1H3,(H,30,37)(H,33,34,38)/t15-,16-,21-,22-/m1/s1. The van der Waals surface area contributed by atoms with Gasteiger partial charge in [0.2, 0.25) is 11.8 Å². The van der Waals surface area contributed by atoms with Crippen molar-refractivity contribution in [1.82, 2.24) is 29.7 Å². The van der Waals surface area contributed by atoms with Gasteiger partial charge in [0.05, 0.1) is 40.4 Å². The average molecular weight is 566 g/mol. The molecule has 2 aliphatic carbocycles. The zero-order valence-electron chi connectivity index (χ0n) is 22.4. The van der Waals surface area contributed by atoms with E-state index in [9.17, 15) is 9.59 Å². The van der Waals surface area contributed by atoms with Crippen LogP contribution < -0.4 is 16.2 Å². The van der Waals surface area contributed by atoms with E-state index in [1.54, 1.807) is 12.1 Å². The number of pyridine rings is 2. The van der Waals surface area contributed by atoms with Gasteiger partial charge in [-0.05, 0) is 56.1 Å². The lowest BCUT2D eigenvalue weighted by molar-refractivity contribution is 0.0247. The Morgan fingerprint density at radius 3 is 2.75 bits per heavy atom. The molecule has 1 saturated heterocycles. The lowest BCUT2D eigenvalue weighted by atomic mass is 9.83. The van der Waals surface area contributed by atoms with Crippen molar-refractivity contribution in [2.45, 2.75) is 70.6 Å². The zero-order chi connectivity index (χ0) is 27.4. The predicted octanol–water partition coefficient (Wildman–Crippen LogP) is 4.37. The molecule has 4 aromatic rings. The number of halogens is 1. The van der Waals surface area contributed by atoms with E-state index in [4.69, 9.17) is 30.8 Å². The van der Waals surface area contributed by atoms with E-state index in [2.05, 4.69) is 31.5 Å². The first-order chi connectivity index (χ1) is 19.4. The van der Waals surface area contributed by atoms with Crippen molar-refractivity contribution < 1.29 is 9.26 Å². The van der Waals surface area contributed by atoms with Gasteiger partial charge in [-0.3, -0.25) is 14.3 Å². The number of aromatic nitrogens is 6. The van der Waals surface area contributed by atoms with Crippen LogP contribution in [-0.4, -0.2) is 55.0 Å². The van der Waals surface area contributed by atoms with Gasteiger partial charge in [-0.15, -0.1) is 0 Å². The van der Waals surface area contributed by atoms with E-state index >= 15 is 0 Å². The molecule has 4 aromatic heterocycles. The minimum absolute atomic E-state index is 0.172. The summed E-state index contributed by atoms with van der Waals surface area (Å²) in [5.74, 6) is 1.60. The molecule has 40 heavy (non-hydrogen) atoms. The summed E-state index contributed by atoms with van der Waals surface area (Å²) < 4.78 is 13.2. The third-order valence-corrected chi connectivity index (χ3v) is 9.04. The number of imidazole rings is 1. The second-order valence-corrected chi connectivity index (χ2v) is 11.9. The Balaban J connectivity index is 1.47. The Morgan fingerprint density at radius 1 is 1.10 bits per heavy atom. The molecule has 11 nitrogen and oxygen atoms in total. The summed E-state index contributed by atoms with van der Waals surface area (Å²) in [6.45, 7) is 4.50. The van der Waals surface area contributed by atoms with E-state index in [0.717, 1.165) is 62.6 Å². The fraction of sp³-hybridized carbons (Fsp3) is 0.536. The van der Waals surface area contributed by atoms with Crippen molar-refractivity contribution in [3.8, 4) is 22.8 Å². The van der Waals surface area contributed by atoms with Crippen molar-refractivity contribution in [2.75, 3.05) is 18.1 Å². The second-order valence-electron chi connectivity index (χ2n) is 11.5. The first-order valence-electron chi connectivity index (χ1n) is 14.2. The summed E-state index contributed by atoms with van der Waals surface area (Å²) in [4.78, 5) is 42.7. The van der Waals surface area contributed by atoms with Crippen LogP contribution in [0.3, 0.4) is 0 Å². The molecule has 3 fully saturated rings. The number of nitrogens with one attached hydrogen (secondary N) is 2. The molecule has 0 unspecified atom stereocenters. The molecule has 210 valence electrons. The second kappa shape index (κ2) is 10.2. The highest BCUT2D eigenvalue weighted by Crippen LogP contribution is 2.39. The first kappa shape index (κ1) is 25.5. The summed E-state index contributed by atoms with van der Waals surface area (Å²) in [5, 5.41) is 4.24. The highest BCUT2D eigenvalue weighted by Gasteiger charge is 2.39. The normalized spacial score (nSPS) is 25.0. The molecule has 2 N–H and O–H groups in total. The van der Waals surface area contributed by atoms with Crippen LogP contribution >= 0.6 is 11.6 Å². The fourth-order valence-electron chi connectivity index (χ4n) is 6.76. The minimum Gasteiger partial charge on any atom is -0.374 e. The van der Waals surface area contributed by atoms with Crippen molar-refractivity contribution in [3.63, 3.8) is 0 Å². The smallest absolute Gasteiger partial charge is 0.374 e. The van der Waals surface area contributed by atoms with E-state index in [0.29, 0.717) is 40.0 Å². The SMILES string of the molecule is C[C@H]1CC[C@H](Cn2c(N3CCO[C@@H]4CCC[C@H]43)nc3cc(-c4noc(=O)[nH]4)nc(-c4cc(Cl)c[nH]c4=O)c32)CC1. The molecule has 3 aliphatic rings. The van der Waals surface area contributed by atoms with Gasteiger partial charge in [0.25, 0.3) is 5.56 Å². The van der Waals surface area contributed by atoms with Crippen LogP contribution in [0, 0.1) is 11.8 Å². The summed E-state index contributed by atoms with van der Waals surface area (Å²) in [5.41, 5.74) is 2.26. The summed E-state index contributed by atoms with van der Waals surface area (Å²) in [6.07, 6.45) is 9.60. The van der Waals surface area contributed by atoms with Crippen LogP contribution in [-0.2, 0) is 11.3 Å². The van der Waals surface area contributed by atoms with Gasteiger partial charge in [-0.2, -0.15) is 0 Å². The molecule has 0 amide bonds. The van der Waals surface area contributed by atoms with Gasteiger partial charge in [-0.1, -0.05) is 36.5 Å².